The lowest BCUT2D eigenvalue weighted by Crippen LogP contribution is -2.48. The Morgan fingerprint density at radius 3 is 2.80 bits per heavy atom. The lowest BCUT2D eigenvalue weighted by Gasteiger charge is -2.28. The Morgan fingerprint density at radius 1 is 1.40 bits per heavy atom. The molecular formula is C16H24N2O2. The van der Waals surface area contributed by atoms with E-state index in [0.29, 0.717) is 5.92 Å². The summed E-state index contributed by atoms with van der Waals surface area (Å²) in [5.74, 6) is 1.28. The quantitative estimate of drug-likeness (QED) is 0.869. The number of hydrogen-bond acceptors (Lipinski definition) is 3. The first kappa shape index (κ1) is 14.9. The number of nitrogens with one attached hydrogen (secondary N) is 2. The highest BCUT2D eigenvalue weighted by Gasteiger charge is 2.27. The molecule has 0 spiro atoms. The summed E-state index contributed by atoms with van der Waals surface area (Å²) < 4.78 is 5.52. The average molecular weight is 276 g/mol. The molecule has 1 amide bonds. The first-order chi connectivity index (χ1) is 9.70. The van der Waals surface area contributed by atoms with Crippen LogP contribution in [0.25, 0.3) is 0 Å². The van der Waals surface area contributed by atoms with E-state index in [0.717, 1.165) is 43.9 Å². The highest BCUT2D eigenvalue weighted by molar-refractivity contribution is 5.95. The standard InChI is InChI=1S/C16H24N2O2/c1-3-11-20-14-8-6-13(7-9-14)18-16(19)15-12(2)5-4-10-17-15/h6-9,12,15,17H,3-5,10-11H2,1-2H3,(H,18,19). The summed E-state index contributed by atoms with van der Waals surface area (Å²) in [4.78, 5) is 12.2. The fraction of sp³-hybridized carbons (Fsp3) is 0.562. The van der Waals surface area contributed by atoms with Gasteiger partial charge in [-0.2, -0.15) is 0 Å². The van der Waals surface area contributed by atoms with Gasteiger partial charge in [-0.25, -0.2) is 0 Å². The summed E-state index contributed by atoms with van der Waals surface area (Å²) in [5.41, 5.74) is 0.818. The number of rotatable bonds is 5. The number of carbonyl (C=O) groups is 1. The van der Waals surface area contributed by atoms with Crippen molar-refractivity contribution in [1.29, 1.82) is 0 Å². The van der Waals surface area contributed by atoms with Crippen LogP contribution in [0.5, 0.6) is 5.75 Å². The van der Waals surface area contributed by atoms with E-state index in [1.165, 1.54) is 0 Å². The minimum absolute atomic E-state index is 0.0550. The summed E-state index contributed by atoms with van der Waals surface area (Å²) in [5, 5.41) is 6.26. The van der Waals surface area contributed by atoms with Crippen molar-refractivity contribution < 1.29 is 9.53 Å². The van der Waals surface area contributed by atoms with Gasteiger partial charge in [0.05, 0.1) is 12.6 Å². The zero-order valence-electron chi connectivity index (χ0n) is 12.3. The Bertz CT molecular complexity index is 431. The van der Waals surface area contributed by atoms with E-state index in [1.54, 1.807) is 0 Å². The van der Waals surface area contributed by atoms with Crippen LogP contribution in [0, 0.1) is 5.92 Å². The molecule has 1 aromatic carbocycles. The lowest BCUT2D eigenvalue weighted by atomic mass is 9.92. The van der Waals surface area contributed by atoms with Crippen molar-refractivity contribution in [3.8, 4) is 5.75 Å². The molecule has 20 heavy (non-hydrogen) atoms. The third-order valence-corrected chi connectivity index (χ3v) is 3.65. The van der Waals surface area contributed by atoms with Gasteiger partial charge in [0, 0.05) is 5.69 Å². The predicted molar refractivity (Wildman–Crippen MR) is 81.0 cm³/mol. The third kappa shape index (κ3) is 3.97. The second-order valence-corrected chi connectivity index (χ2v) is 5.41. The summed E-state index contributed by atoms with van der Waals surface area (Å²) in [7, 11) is 0. The highest BCUT2D eigenvalue weighted by atomic mass is 16.5. The number of piperidine rings is 1. The molecule has 1 aliphatic rings. The zero-order chi connectivity index (χ0) is 14.4. The van der Waals surface area contributed by atoms with Crippen LogP contribution in [0.1, 0.15) is 33.1 Å². The normalized spacial score (nSPS) is 22.3. The molecule has 0 saturated carbocycles. The van der Waals surface area contributed by atoms with Gasteiger partial charge in [0.15, 0.2) is 0 Å². The van der Waals surface area contributed by atoms with E-state index < -0.39 is 0 Å². The second-order valence-electron chi connectivity index (χ2n) is 5.41. The monoisotopic (exact) mass is 276 g/mol. The van der Waals surface area contributed by atoms with Crippen molar-refractivity contribution in [2.45, 2.75) is 39.2 Å². The van der Waals surface area contributed by atoms with Crippen LogP contribution in [0.2, 0.25) is 0 Å². The van der Waals surface area contributed by atoms with Crippen LogP contribution in [0.3, 0.4) is 0 Å². The molecule has 1 saturated heterocycles. The average Bonchev–Trinajstić information content (AvgIpc) is 2.47. The number of ether oxygens (including phenoxy) is 1. The van der Waals surface area contributed by atoms with Gasteiger partial charge in [0.25, 0.3) is 0 Å². The van der Waals surface area contributed by atoms with Crippen molar-refractivity contribution in [2.24, 2.45) is 5.92 Å². The molecule has 0 radical (unpaired) electrons. The Labute approximate surface area is 120 Å². The Morgan fingerprint density at radius 2 is 2.15 bits per heavy atom. The van der Waals surface area contributed by atoms with Gasteiger partial charge in [-0.3, -0.25) is 4.79 Å². The van der Waals surface area contributed by atoms with Crippen LogP contribution < -0.4 is 15.4 Å². The molecule has 2 rings (SSSR count). The number of benzene rings is 1. The number of hydrogen-bond donors (Lipinski definition) is 2. The van der Waals surface area contributed by atoms with Crippen LogP contribution in [-0.2, 0) is 4.79 Å². The van der Waals surface area contributed by atoms with Gasteiger partial charge in [-0.05, 0) is 56.0 Å². The highest BCUT2D eigenvalue weighted by Crippen LogP contribution is 2.19. The van der Waals surface area contributed by atoms with Crippen LogP contribution in [0.15, 0.2) is 24.3 Å². The molecule has 2 N–H and O–H groups in total. The second kappa shape index (κ2) is 7.29. The fourth-order valence-electron chi connectivity index (χ4n) is 2.47. The topological polar surface area (TPSA) is 50.4 Å². The molecule has 2 unspecified atom stereocenters. The van der Waals surface area contributed by atoms with Crippen molar-refractivity contribution in [2.75, 3.05) is 18.5 Å². The van der Waals surface area contributed by atoms with E-state index in [2.05, 4.69) is 24.5 Å². The maximum atomic E-state index is 12.2. The first-order valence-corrected chi connectivity index (χ1v) is 7.48. The molecule has 110 valence electrons. The molecular weight excluding hydrogens is 252 g/mol. The molecule has 1 heterocycles. The molecule has 2 atom stereocenters. The maximum absolute atomic E-state index is 12.2. The number of amides is 1. The first-order valence-electron chi connectivity index (χ1n) is 7.48. The molecule has 0 aromatic heterocycles. The molecule has 4 nitrogen and oxygen atoms in total. The van der Waals surface area contributed by atoms with Crippen molar-refractivity contribution in [3.63, 3.8) is 0 Å². The maximum Gasteiger partial charge on any atom is 0.241 e. The van der Waals surface area contributed by atoms with E-state index >= 15 is 0 Å². The molecule has 4 heteroatoms. The summed E-state index contributed by atoms with van der Waals surface area (Å²) >= 11 is 0. The van der Waals surface area contributed by atoms with Crippen molar-refractivity contribution in [1.82, 2.24) is 5.32 Å². The van der Waals surface area contributed by atoms with Crippen LogP contribution in [0.4, 0.5) is 5.69 Å². The van der Waals surface area contributed by atoms with Crippen LogP contribution in [-0.4, -0.2) is 25.1 Å². The van der Waals surface area contributed by atoms with E-state index in [1.807, 2.05) is 24.3 Å². The Balaban J connectivity index is 1.90. The molecule has 0 bridgehead atoms. The van der Waals surface area contributed by atoms with Crippen molar-refractivity contribution >= 4 is 11.6 Å². The molecule has 1 fully saturated rings. The summed E-state index contributed by atoms with van der Waals surface area (Å²) in [6.07, 6.45) is 3.24. The van der Waals surface area contributed by atoms with E-state index in [9.17, 15) is 4.79 Å². The van der Waals surface area contributed by atoms with Crippen LogP contribution >= 0.6 is 0 Å². The van der Waals surface area contributed by atoms with Crippen molar-refractivity contribution in [3.05, 3.63) is 24.3 Å². The zero-order valence-corrected chi connectivity index (χ0v) is 12.3. The predicted octanol–water partition coefficient (Wildman–Crippen LogP) is 2.80. The fourth-order valence-corrected chi connectivity index (χ4v) is 2.47. The molecule has 1 aromatic rings. The smallest absolute Gasteiger partial charge is 0.241 e. The largest absolute Gasteiger partial charge is 0.494 e. The SMILES string of the molecule is CCCOc1ccc(NC(=O)C2NCCCC2C)cc1. The van der Waals surface area contributed by atoms with Gasteiger partial charge < -0.3 is 15.4 Å². The Kier molecular flexibility index (Phi) is 5.41. The lowest BCUT2D eigenvalue weighted by molar-refractivity contribution is -0.119. The summed E-state index contributed by atoms with van der Waals surface area (Å²) in [6.45, 7) is 5.84. The van der Waals surface area contributed by atoms with E-state index in [-0.39, 0.29) is 11.9 Å². The number of anilines is 1. The van der Waals surface area contributed by atoms with Gasteiger partial charge in [-0.1, -0.05) is 13.8 Å². The Hall–Kier alpha value is -1.55. The molecule has 0 aliphatic carbocycles. The van der Waals surface area contributed by atoms with Gasteiger partial charge >= 0.3 is 0 Å². The van der Waals surface area contributed by atoms with E-state index in [4.69, 9.17) is 4.74 Å². The molecule has 1 aliphatic heterocycles. The van der Waals surface area contributed by atoms with Gasteiger partial charge in [0.1, 0.15) is 5.75 Å². The summed E-state index contributed by atoms with van der Waals surface area (Å²) in [6, 6.07) is 7.47. The number of carbonyl (C=O) groups excluding carboxylic acids is 1. The minimum Gasteiger partial charge on any atom is -0.494 e. The third-order valence-electron chi connectivity index (χ3n) is 3.65. The minimum atomic E-state index is -0.0835. The van der Waals surface area contributed by atoms with Gasteiger partial charge in [0.2, 0.25) is 5.91 Å². The van der Waals surface area contributed by atoms with Gasteiger partial charge in [-0.15, -0.1) is 0 Å².